The van der Waals surface area contributed by atoms with E-state index in [0.717, 1.165) is 5.75 Å². The molecule has 0 radical (unpaired) electrons. The minimum absolute atomic E-state index is 0.193. The van der Waals surface area contributed by atoms with Gasteiger partial charge in [-0.05, 0) is 42.5 Å². The number of hydrogen-bond donors (Lipinski definition) is 1. The maximum absolute atomic E-state index is 10.1. The predicted molar refractivity (Wildman–Crippen MR) is 124 cm³/mol. The first-order chi connectivity index (χ1) is 14.3. The van der Waals surface area contributed by atoms with E-state index in [1.54, 1.807) is 6.07 Å². The fourth-order valence-electron chi connectivity index (χ4n) is 4.02. The highest BCUT2D eigenvalue weighted by atomic mass is 16.5. The van der Waals surface area contributed by atoms with Gasteiger partial charge in [0.1, 0.15) is 5.75 Å². The lowest BCUT2D eigenvalue weighted by atomic mass is 9.87. The molecule has 0 saturated carbocycles. The van der Waals surface area contributed by atoms with Crippen LogP contribution in [-0.4, -0.2) is 5.11 Å². The van der Waals surface area contributed by atoms with Crippen LogP contribution in [0.1, 0.15) is 102 Å². The van der Waals surface area contributed by atoms with E-state index in [2.05, 4.69) is 26.0 Å². The maximum atomic E-state index is 10.1. The molecular formula is C27H40O2. The van der Waals surface area contributed by atoms with E-state index >= 15 is 0 Å². The second-order valence-electron chi connectivity index (χ2n) is 8.21. The Morgan fingerprint density at radius 3 is 1.76 bits per heavy atom. The molecule has 0 aliphatic rings. The number of rotatable bonds is 15. The summed E-state index contributed by atoms with van der Waals surface area (Å²) < 4.78 is 6.16. The van der Waals surface area contributed by atoms with Crippen molar-refractivity contribution in [1.82, 2.24) is 0 Å². The molecule has 0 atom stereocenters. The van der Waals surface area contributed by atoms with Crippen molar-refractivity contribution >= 4 is 0 Å². The van der Waals surface area contributed by atoms with E-state index in [4.69, 9.17) is 4.74 Å². The molecule has 2 aromatic carbocycles. The van der Waals surface area contributed by atoms with Crippen LogP contribution in [0.15, 0.2) is 48.5 Å². The van der Waals surface area contributed by atoms with Crippen LogP contribution in [0.3, 0.4) is 0 Å². The second-order valence-corrected chi connectivity index (χ2v) is 8.21. The van der Waals surface area contributed by atoms with E-state index < -0.39 is 0 Å². The summed E-state index contributed by atoms with van der Waals surface area (Å²) in [6.45, 7) is 4.54. The topological polar surface area (TPSA) is 29.5 Å². The third-order valence-electron chi connectivity index (χ3n) is 5.76. The van der Waals surface area contributed by atoms with Gasteiger partial charge in [0.2, 0.25) is 0 Å². The molecule has 0 spiro atoms. The minimum atomic E-state index is 0.193. The van der Waals surface area contributed by atoms with Crippen LogP contribution in [0.25, 0.3) is 0 Å². The van der Waals surface area contributed by atoms with Crippen molar-refractivity contribution in [3.8, 4) is 17.2 Å². The number of para-hydroxylation sites is 3. The Labute approximate surface area is 178 Å². The van der Waals surface area contributed by atoms with Gasteiger partial charge < -0.3 is 9.84 Å². The lowest BCUT2D eigenvalue weighted by Crippen LogP contribution is -2.02. The summed E-state index contributed by atoms with van der Waals surface area (Å²) in [6.07, 6.45) is 15.6. The maximum Gasteiger partial charge on any atom is 0.169 e. The number of phenolic OH excluding ortho intramolecular Hbond substituents is 1. The normalized spacial score (nSPS) is 11.1. The molecule has 2 heteroatoms. The second kappa shape index (κ2) is 14.1. The van der Waals surface area contributed by atoms with Crippen LogP contribution in [-0.2, 0) is 0 Å². The first kappa shape index (κ1) is 23.3. The van der Waals surface area contributed by atoms with Crippen molar-refractivity contribution in [2.24, 2.45) is 0 Å². The fraction of sp³-hybridized carbons (Fsp3) is 0.556. The highest BCUT2D eigenvalue weighted by Gasteiger charge is 2.17. The van der Waals surface area contributed by atoms with Crippen molar-refractivity contribution in [2.75, 3.05) is 0 Å². The average Bonchev–Trinajstić information content (AvgIpc) is 2.74. The number of aromatic hydroxyl groups is 1. The molecule has 0 aromatic heterocycles. The third kappa shape index (κ3) is 8.51. The SMILES string of the molecule is CCCCCCCC(CCCCCCC)c1ccccc1Oc1ccccc1O. The van der Waals surface area contributed by atoms with Gasteiger partial charge >= 0.3 is 0 Å². The molecule has 0 heterocycles. The molecule has 2 aromatic rings. The van der Waals surface area contributed by atoms with Crippen LogP contribution in [0.2, 0.25) is 0 Å². The molecule has 0 aliphatic carbocycles. The molecule has 0 unspecified atom stereocenters. The summed E-state index contributed by atoms with van der Waals surface area (Å²) >= 11 is 0. The first-order valence-corrected chi connectivity index (χ1v) is 11.8. The number of benzene rings is 2. The lowest BCUT2D eigenvalue weighted by Gasteiger charge is -2.21. The van der Waals surface area contributed by atoms with Crippen molar-refractivity contribution < 1.29 is 9.84 Å². The van der Waals surface area contributed by atoms with Crippen molar-refractivity contribution in [3.63, 3.8) is 0 Å². The van der Waals surface area contributed by atoms with E-state index in [-0.39, 0.29) is 5.75 Å². The molecule has 1 N–H and O–H groups in total. The van der Waals surface area contributed by atoms with Gasteiger partial charge in [-0.1, -0.05) is 108 Å². The summed E-state index contributed by atoms with van der Waals surface area (Å²) in [4.78, 5) is 0. The van der Waals surface area contributed by atoms with Crippen LogP contribution in [0, 0.1) is 0 Å². The number of hydrogen-bond acceptors (Lipinski definition) is 2. The zero-order chi connectivity index (χ0) is 20.7. The van der Waals surface area contributed by atoms with Gasteiger partial charge in [0.05, 0.1) is 0 Å². The standard InChI is InChI=1S/C27H40O2/c1-3-5-7-9-11-17-23(18-12-10-8-6-4-2)24-19-13-15-21-26(24)29-27-22-16-14-20-25(27)28/h13-16,19-23,28H,3-12,17-18H2,1-2H3. The minimum Gasteiger partial charge on any atom is -0.504 e. The van der Waals surface area contributed by atoms with Gasteiger partial charge in [0.15, 0.2) is 11.5 Å². The molecular weight excluding hydrogens is 356 g/mol. The smallest absolute Gasteiger partial charge is 0.169 e. The Morgan fingerprint density at radius 2 is 1.17 bits per heavy atom. The van der Waals surface area contributed by atoms with E-state index in [1.165, 1.54) is 82.6 Å². The first-order valence-electron chi connectivity index (χ1n) is 11.8. The highest BCUT2D eigenvalue weighted by molar-refractivity contribution is 5.45. The summed E-state index contributed by atoms with van der Waals surface area (Å²) in [7, 11) is 0. The zero-order valence-corrected chi connectivity index (χ0v) is 18.5. The average molecular weight is 397 g/mol. The van der Waals surface area contributed by atoms with Gasteiger partial charge in [-0.2, -0.15) is 0 Å². The molecule has 160 valence electrons. The monoisotopic (exact) mass is 396 g/mol. The van der Waals surface area contributed by atoms with Crippen molar-refractivity contribution in [3.05, 3.63) is 54.1 Å². The fourth-order valence-corrected chi connectivity index (χ4v) is 4.02. The summed E-state index contributed by atoms with van der Waals surface area (Å²) in [5.74, 6) is 2.14. The van der Waals surface area contributed by atoms with Crippen LogP contribution >= 0.6 is 0 Å². The molecule has 0 saturated heterocycles. The van der Waals surface area contributed by atoms with Crippen LogP contribution in [0.4, 0.5) is 0 Å². The number of phenols is 1. The zero-order valence-electron chi connectivity index (χ0n) is 18.5. The number of unbranched alkanes of at least 4 members (excludes halogenated alkanes) is 8. The quantitative estimate of drug-likeness (QED) is 0.304. The molecule has 2 rings (SSSR count). The summed E-state index contributed by atoms with van der Waals surface area (Å²) in [5, 5.41) is 10.1. The lowest BCUT2D eigenvalue weighted by molar-refractivity contribution is 0.402. The number of ether oxygens (including phenoxy) is 1. The Morgan fingerprint density at radius 1 is 0.655 bits per heavy atom. The predicted octanol–water partition coefficient (Wildman–Crippen LogP) is 8.99. The summed E-state index contributed by atoms with van der Waals surface area (Å²) in [5.41, 5.74) is 1.29. The molecule has 29 heavy (non-hydrogen) atoms. The highest BCUT2D eigenvalue weighted by Crippen LogP contribution is 2.38. The Hall–Kier alpha value is -1.96. The summed E-state index contributed by atoms with van der Waals surface area (Å²) in [6, 6.07) is 15.6. The van der Waals surface area contributed by atoms with E-state index in [9.17, 15) is 5.11 Å². The van der Waals surface area contributed by atoms with Gasteiger partial charge in [0, 0.05) is 0 Å². The van der Waals surface area contributed by atoms with E-state index in [1.807, 2.05) is 30.3 Å². The van der Waals surface area contributed by atoms with Gasteiger partial charge in [-0.25, -0.2) is 0 Å². The van der Waals surface area contributed by atoms with Gasteiger partial charge in [0.25, 0.3) is 0 Å². The van der Waals surface area contributed by atoms with Crippen LogP contribution < -0.4 is 4.74 Å². The molecule has 0 bridgehead atoms. The molecule has 0 aliphatic heterocycles. The van der Waals surface area contributed by atoms with Crippen molar-refractivity contribution in [1.29, 1.82) is 0 Å². The van der Waals surface area contributed by atoms with Gasteiger partial charge in [-0.3, -0.25) is 0 Å². The van der Waals surface area contributed by atoms with E-state index in [0.29, 0.717) is 11.7 Å². The van der Waals surface area contributed by atoms with Crippen LogP contribution in [0.5, 0.6) is 17.2 Å². The largest absolute Gasteiger partial charge is 0.504 e. The molecule has 2 nitrogen and oxygen atoms in total. The Kier molecular flexibility index (Phi) is 11.3. The van der Waals surface area contributed by atoms with Gasteiger partial charge in [-0.15, -0.1) is 0 Å². The molecule has 0 fully saturated rings. The van der Waals surface area contributed by atoms with Crippen molar-refractivity contribution in [2.45, 2.75) is 96.8 Å². The third-order valence-corrected chi connectivity index (χ3v) is 5.76. The molecule has 0 amide bonds. The Balaban J connectivity index is 2.07. The Bertz CT molecular complexity index is 666.